The lowest BCUT2D eigenvalue weighted by atomic mass is 10.2. The molecule has 0 radical (unpaired) electrons. The minimum atomic E-state index is -0.493. The van der Waals surface area contributed by atoms with Gasteiger partial charge in [0.1, 0.15) is 10.7 Å². The molecule has 0 bridgehead atoms. The SMILES string of the molecule is NC(=O)COc1ccc(C(=S)N2CCOCC2)cc1. The summed E-state index contributed by atoms with van der Waals surface area (Å²) in [6.07, 6.45) is 0. The molecule has 1 aliphatic rings. The highest BCUT2D eigenvalue weighted by atomic mass is 32.1. The van der Waals surface area contributed by atoms with Crippen molar-refractivity contribution in [2.24, 2.45) is 5.73 Å². The molecule has 0 unspecified atom stereocenters. The normalized spacial score (nSPS) is 15.1. The summed E-state index contributed by atoms with van der Waals surface area (Å²) >= 11 is 5.45. The largest absolute Gasteiger partial charge is 0.484 e. The second-order valence-corrected chi connectivity index (χ2v) is 4.57. The highest BCUT2D eigenvalue weighted by Crippen LogP contribution is 2.15. The Kier molecular flexibility index (Phi) is 4.70. The Morgan fingerprint density at radius 1 is 1.32 bits per heavy atom. The number of amides is 1. The zero-order chi connectivity index (χ0) is 13.7. The van der Waals surface area contributed by atoms with Crippen LogP contribution in [0.4, 0.5) is 0 Å². The molecule has 1 aliphatic heterocycles. The van der Waals surface area contributed by atoms with Crippen LogP contribution in [0.3, 0.4) is 0 Å². The molecule has 0 spiro atoms. The maximum absolute atomic E-state index is 10.6. The van der Waals surface area contributed by atoms with Crippen molar-refractivity contribution in [3.63, 3.8) is 0 Å². The van der Waals surface area contributed by atoms with Gasteiger partial charge in [-0.05, 0) is 24.3 Å². The fraction of sp³-hybridized carbons (Fsp3) is 0.385. The lowest BCUT2D eigenvalue weighted by Crippen LogP contribution is -2.40. The Balaban J connectivity index is 1.97. The summed E-state index contributed by atoms with van der Waals surface area (Å²) in [6.45, 7) is 2.94. The van der Waals surface area contributed by atoms with E-state index >= 15 is 0 Å². The predicted octanol–water partition coefficient (Wildman–Crippen LogP) is 0.558. The van der Waals surface area contributed by atoms with Crippen LogP contribution in [0.1, 0.15) is 5.56 Å². The molecule has 1 amide bonds. The van der Waals surface area contributed by atoms with E-state index < -0.39 is 5.91 Å². The van der Waals surface area contributed by atoms with Crippen molar-refractivity contribution in [3.05, 3.63) is 29.8 Å². The minimum absolute atomic E-state index is 0.118. The second-order valence-electron chi connectivity index (χ2n) is 4.18. The molecule has 1 saturated heterocycles. The molecule has 0 aliphatic carbocycles. The zero-order valence-electron chi connectivity index (χ0n) is 10.5. The van der Waals surface area contributed by atoms with Crippen molar-refractivity contribution < 1.29 is 14.3 Å². The lowest BCUT2D eigenvalue weighted by molar-refractivity contribution is -0.119. The number of morpholine rings is 1. The predicted molar refractivity (Wildman–Crippen MR) is 75.2 cm³/mol. The molecule has 6 heteroatoms. The summed E-state index contributed by atoms with van der Waals surface area (Å²) in [7, 11) is 0. The van der Waals surface area contributed by atoms with Gasteiger partial charge in [-0.1, -0.05) is 12.2 Å². The summed E-state index contributed by atoms with van der Waals surface area (Å²) in [5, 5.41) is 0. The number of nitrogens with two attached hydrogens (primary N) is 1. The van der Waals surface area contributed by atoms with Gasteiger partial charge in [0.25, 0.3) is 5.91 Å². The van der Waals surface area contributed by atoms with Gasteiger partial charge in [0.15, 0.2) is 6.61 Å². The van der Waals surface area contributed by atoms with E-state index in [2.05, 4.69) is 4.90 Å². The number of primary amides is 1. The van der Waals surface area contributed by atoms with E-state index in [1.807, 2.05) is 12.1 Å². The number of ether oxygens (including phenoxy) is 2. The maximum atomic E-state index is 10.6. The van der Waals surface area contributed by atoms with Crippen molar-refractivity contribution >= 4 is 23.1 Å². The topological polar surface area (TPSA) is 64.8 Å². The standard InChI is InChI=1S/C13H16N2O3S/c14-12(16)9-18-11-3-1-10(2-4-11)13(19)15-5-7-17-8-6-15/h1-4H,5-9H2,(H2,14,16). The number of nitrogens with zero attached hydrogens (tertiary/aromatic N) is 1. The average Bonchev–Trinajstić information content (AvgIpc) is 2.46. The van der Waals surface area contributed by atoms with Gasteiger partial charge in [-0.15, -0.1) is 0 Å². The second kappa shape index (κ2) is 6.49. The van der Waals surface area contributed by atoms with Gasteiger partial charge in [0.05, 0.1) is 13.2 Å². The summed E-state index contributed by atoms with van der Waals surface area (Å²) in [4.78, 5) is 13.5. The van der Waals surface area contributed by atoms with Gasteiger partial charge < -0.3 is 20.1 Å². The number of carbonyl (C=O) groups is 1. The first-order valence-corrected chi connectivity index (χ1v) is 6.46. The molecule has 2 N–H and O–H groups in total. The van der Waals surface area contributed by atoms with Gasteiger partial charge in [0, 0.05) is 18.7 Å². The number of hydrogen-bond acceptors (Lipinski definition) is 4. The summed E-state index contributed by atoms with van der Waals surface area (Å²) < 4.78 is 10.5. The Bertz CT molecular complexity index is 455. The van der Waals surface area contributed by atoms with E-state index in [1.54, 1.807) is 12.1 Å². The van der Waals surface area contributed by atoms with Gasteiger partial charge in [-0.3, -0.25) is 4.79 Å². The molecule has 2 rings (SSSR count). The van der Waals surface area contributed by atoms with Gasteiger partial charge >= 0.3 is 0 Å². The van der Waals surface area contributed by atoms with E-state index in [0.29, 0.717) is 19.0 Å². The Hall–Kier alpha value is -1.66. The van der Waals surface area contributed by atoms with Crippen LogP contribution in [-0.2, 0) is 9.53 Å². The molecule has 5 nitrogen and oxygen atoms in total. The molecular weight excluding hydrogens is 264 g/mol. The van der Waals surface area contributed by atoms with Gasteiger partial charge in [-0.2, -0.15) is 0 Å². The van der Waals surface area contributed by atoms with Crippen molar-refractivity contribution in [1.82, 2.24) is 4.90 Å². The van der Waals surface area contributed by atoms with E-state index in [9.17, 15) is 4.79 Å². The van der Waals surface area contributed by atoms with Crippen LogP contribution in [0.5, 0.6) is 5.75 Å². The number of hydrogen-bond donors (Lipinski definition) is 1. The van der Waals surface area contributed by atoms with Crippen LogP contribution < -0.4 is 10.5 Å². The van der Waals surface area contributed by atoms with E-state index in [1.165, 1.54) is 0 Å². The Morgan fingerprint density at radius 3 is 2.53 bits per heavy atom. The number of benzene rings is 1. The van der Waals surface area contributed by atoms with Crippen LogP contribution in [0.2, 0.25) is 0 Å². The molecule has 0 aromatic heterocycles. The summed E-state index contributed by atoms with van der Waals surface area (Å²) in [5.41, 5.74) is 5.97. The average molecular weight is 280 g/mol. The van der Waals surface area contributed by atoms with Crippen LogP contribution >= 0.6 is 12.2 Å². The Morgan fingerprint density at radius 2 is 1.95 bits per heavy atom. The molecule has 1 aromatic rings. The fourth-order valence-corrected chi connectivity index (χ4v) is 2.12. The molecular formula is C13H16N2O3S. The molecule has 102 valence electrons. The smallest absolute Gasteiger partial charge is 0.255 e. The fourth-order valence-electron chi connectivity index (χ4n) is 1.80. The summed E-state index contributed by atoms with van der Waals surface area (Å²) in [5.74, 6) is 0.111. The monoisotopic (exact) mass is 280 g/mol. The Labute approximate surface area is 117 Å². The first-order valence-electron chi connectivity index (χ1n) is 6.05. The molecule has 1 fully saturated rings. The van der Waals surface area contributed by atoms with Crippen molar-refractivity contribution in [3.8, 4) is 5.75 Å². The molecule has 0 saturated carbocycles. The van der Waals surface area contributed by atoms with Crippen LogP contribution in [0, 0.1) is 0 Å². The quantitative estimate of drug-likeness (QED) is 0.816. The third-order valence-corrected chi connectivity index (χ3v) is 3.27. The van der Waals surface area contributed by atoms with Crippen molar-refractivity contribution in [1.29, 1.82) is 0 Å². The summed E-state index contributed by atoms with van der Waals surface area (Å²) in [6, 6.07) is 7.33. The third-order valence-electron chi connectivity index (χ3n) is 2.78. The van der Waals surface area contributed by atoms with Crippen LogP contribution in [-0.4, -0.2) is 48.7 Å². The third kappa shape index (κ3) is 3.90. The first kappa shape index (κ1) is 13.8. The van der Waals surface area contributed by atoms with E-state index in [-0.39, 0.29) is 6.61 Å². The highest BCUT2D eigenvalue weighted by molar-refractivity contribution is 7.80. The lowest BCUT2D eigenvalue weighted by Gasteiger charge is -2.29. The van der Waals surface area contributed by atoms with Crippen LogP contribution in [0.15, 0.2) is 24.3 Å². The maximum Gasteiger partial charge on any atom is 0.255 e. The number of thiocarbonyl (C=S) groups is 1. The van der Waals surface area contributed by atoms with E-state index in [0.717, 1.165) is 23.6 Å². The molecule has 1 aromatic carbocycles. The molecule has 1 heterocycles. The van der Waals surface area contributed by atoms with Gasteiger partial charge in [-0.25, -0.2) is 0 Å². The highest BCUT2D eigenvalue weighted by Gasteiger charge is 2.14. The van der Waals surface area contributed by atoms with Crippen molar-refractivity contribution in [2.45, 2.75) is 0 Å². The van der Waals surface area contributed by atoms with Crippen molar-refractivity contribution in [2.75, 3.05) is 32.9 Å². The van der Waals surface area contributed by atoms with Crippen LogP contribution in [0.25, 0.3) is 0 Å². The minimum Gasteiger partial charge on any atom is -0.484 e. The first-order chi connectivity index (χ1) is 9.16. The zero-order valence-corrected chi connectivity index (χ0v) is 11.3. The number of carbonyl (C=O) groups excluding carboxylic acids is 1. The number of rotatable bonds is 4. The molecule has 0 atom stereocenters. The van der Waals surface area contributed by atoms with Gasteiger partial charge in [0.2, 0.25) is 0 Å². The van der Waals surface area contributed by atoms with E-state index in [4.69, 9.17) is 27.4 Å². The molecule has 19 heavy (non-hydrogen) atoms.